The van der Waals surface area contributed by atoms with Gasteiger partial charge in [0.1, 0.15) is 0 Å². The molecule has 0 aromatic carbocycles. The predicted octanol–water partition coefficient (Wildman–Crippen LogP) is 3.00. The number of hydrogen-bond acceptors (Lipinski definition) is 3. The molecule has 1 fully saturated rings. The lowest BCUT2D eigenvalue weighted by atomic mass is 9.97. The molecule has 1 aliphatic heterocycles. The van der Waals surface area contributed by atoms with Gasteiger partial charge in [0, 0.05) is 13.1 Å². The average Bonchev–Trinajstić information content (AvgIpc) is 2.90. The van der Waals surface area contributed by atoms with Crippen LogP contribution in [0.1, 0.15) is 31.7 Å². The van der Waals surface area contributed by atoms with E-state index in [0.717, 1.165) is 5.92 Å². The number of piperidine rings is 1. The number of nitrogens with one attached hydrogen (secondary N) is 1. The zero-order chi connectivity index (χ0) is 12.6. The van der Waals surface area contributed by atoms with Crippen LogP contribution in [-0.2, 0) is 6.42 Å². The predicted molar refractivity (Wildman–Crippen MR) is 80.3 cm³/mol. The van der Waals surface area contributed by atoms with Crippen LogP contribution in [0.5, 0.6) is 0 Å². The van der Waals surface area contributed by atoms with Gasteiger partial charge in [-0.15, -0.1) is 0 Å². The van der Waals surface area contributed by atoms with Gasteiger partial charge in [0.05, 0.1) is 0 Å². The molecule has 0 saturated carbocycles. The van der Waals surface area contributed by atoms with E-state index in [1.165, 1.54) is 64.0 Å². The van der Waals surface area contributed by atoms with Crippen LogP contribution < -0.4 is 5.32 Å². The van der Waals surface area contributed by atoms with E-state index in [-0.39, 0.29) is 0 Å². The van der Waals surface area contributed by atoms with Crippen molar-refractivity contribution >= 4 is 11.3 Å². The zero-order valence-corrected chi connectivity index (χ0v) is 12.3. The Balaban J connectivity index is 1.66. The van der Waals surface area contributed by atoms with Gasteiger partial charge in [-0.3, -0.25) is 0 Å². The maximum atomic E-state index is 3.57. The van der Waals surface area contributed by atoms with Crippen molar-refractivity contribution < 1.29 is 0 Å². The van der Waals surface area contributed by atoms with Gasteiger partial charge >= 0.3 is 0 Å². The van der Waals surface area contributed by atoms with Gasteiger partial charge in [-0.05, 0) is 73.6 Å². The van der Waals surface area contributed by atoms with E-state index < -0.39 is 0 Å². The van der Waals surface area contributed by atoms with Crippen LogP contribution in [0, 0.1) is 5.92 Å². The molecule has 2 nitrogen and oxygen atoms in total. The molecule has 0 aliphatic carbocycles. The lowest BCUT2D eigenvalue weighted by Gasteiger charge is -2.32. The smallest absolute Gasteiger partial charge is 0.00222 e. The SMILES string of the molecule is CCCNCC1CCCN(CCc2ccsc2)C1. The van der Waals surface area contributed by atoms with Gasteiger partial charge in [0.2, 0.25) is 0 Å². The molecular weight excluding hydrogens is 240 g/mol. The summed E-state index contributed by atoms with van der Waals surface area (Å²) in [5.41, 5.74) is 1.51. The van der Waals surface area contributed by atoms with Crippen LogP contribution in [-0.4, -0.2) is 37.6 Å². The molecule has 0 bridgehead atoms. The van der Waals surface area contributed by atoms with Crippen molar-refractivity contribution in [3.8, 4) is 0 Å². The second-order valence-electron chi connectivity index (χ2n) is 5.39. The highest BCUT2D eigenvalue weighted by atomic mass is 32.1. The Kier molecular flexibility index (Phi) is 6.18. The fourth-order valence-corrected chi connectivity index (χ4v) is 3.43. The molecule has 1 unspecified atom stereocenters. The van der Waals surface area contributed by atoms with Gasteiger partial charge in [0.15, 0.2) is 0 Å². The highest BCUT2D eigenvalue weighted by molar-refractivity contribution is 7.07. The molecule has 1 aliphatic rings. The molecule has 2 heterocycles. The minimum Gasteiger partial charge on any atom is -0.316 e. The standard InChI is InChI=1S/C15H26N2S/c1-2-7-16-11-15-4-3-8-17(12-15)9-5-14-6-10-18-13-14/h6,10,13,15-16H,2-5,7-9,11-12H2,1H3. The maximum Gasteiger partial charge on any atom is 0.00222 e. The summed E-state index contributed by atoms with van der Waals surface area (Å²) in [5.74, 6) is 0.868. The summed E-state index contributed by atoms with van der Waals surface area (Å²) in [4.78, 5) is 2.65. The zero-order valence-electron chi connectivity index (χ0n) is 11.5. The monoisotopic (exact) mass is 266 g/mol. The third-order valence-electron chi connectivity index (χ3n) is 3.76. The van der Waals surface area contributed by atoms with Crippen LogP contribution >= 0.6 is 11.3 Å². The highest BCUT2D eigenvalue weighted by Crippen LogP contribution is 2.16. The summed E-state index contributed by atoms with van der Waals surface area (Å²) in [6, 6.07) is 2.26. The van der Waals surface area contributed by atoms with E-state index >= 15 is 0 Å². The van der Waals surface area contributed by atoms with E-state index in [9.17, 15) is 0 Å². The van der Waals surface area contributed by atoms with Gasteiger partial charge in [-0.1, -0.05) is 6.92 Å². The molecule has 3 heteroatoms. The van der Waals surface area contributed by atoms with Crippen LogP contribution in [0.25, 0.3) is 0 Å². The molecule has 1 aromatic rings. The second kappa shape index (κ2) is 7.93. The highest BCUT2D eigenvalue weighted by Gasteiger charge is 2.18. The van der Waals surface area contributed by atoms with Crippen LogP contribution in [0.3, 0.4) is 0 Å². The Morgan fingerprint density at radius 3 is 3.22 bits per heavy atom. The Labute approximate surface area is 115 Å². The molecule has 0 spiro atoms. The summed E-state index contributed by atoms with van der Waals surface area (Å²) in [6.45, 7) is 8.45. The minimum atomic E-state index is 0.868. The van der Waals surface area contributed by atoms with Gasteiger partial charge in [0.25, 0.3) is 0 Å². The summed E-state index contributed by atoms with van der Waals surface area (Å²) in [5, 5.41) is 8.04. The third kappa shape index (κ3) is 4.71. The van der Waals surface area contributed by atoms with E-state index in [1.54, 1.807) is 0 Å². The molecule has 0 amide bonds. The average molecular weight is 266 g/mol. The van der Waals surface area contributed by atoms with Crippen LogP contribution in [0.4, 0.5) is 0 Å². The molecule has 2 rings (SSSR count). The van der Waals surface area contributed by atoms with E-state index in [4.69, 9.17) is 0 Å². The number of rotatable bonds is 7. The molecule has 0 radical (unpaired) electrons. The summed E-state index contributed by atoms with van der Waals surface area (Å²) >= 11 is 1.81. The van der Waals surface area contributed by atoms with E-state index in [1.807, 2.05) is 11.3 Å². The van der Waals surface area contributed by atoms with Gasteiger partial charge < -0.3 is 10.2 Å². The maximum absolute atomic E-state index is 3.57. The van der Waals surface area contributed by atoms with Gasteiger partial charge in [-0.2, -0.15) is 11.3 Å². The normalized spacial score (nSPS) is 21.3. The van der Waals surface area contributed by atoms with E-state index in [0.29, 0.717) is 0 Å². The third-order valence-corrected chi connectivity index (χ3v) is 4.49. The summed E-state index contributed by atoms with van der Waals surface area (Å²) in [7, 11) is 0. The Morgan fingerprint density at radius 2 is 2.44 bits per heavy atom. The largest absolute Gasteiger partial charge is 0.316 e. The van der Waals surface area contributed by atoms with Crippen LogP contribution in [0.15, 0.2) is 16.8 Å². The van der Waals surface area contributed by atoms with Crippen molar-refractivity contribution in [2.75, 3.05) is 32.7 Å². The molecule has 1 saturated heterocycles. The first-order chi connectivity index (χ1) is 8.88. The molecule has 1 N–H and O–H groups in total. The molecular formula is C15H26N2S. The molecule has 18 heavy (non-hydrogen) atoms. The lowest BCUT2D eigenvalue weighted by molar-refractivity contribution is 0.174. The molecule has 102 valence electrons. The minimum absolute atomic E-state index is 0.868. The number of hydrogen-bond donors (Lipinski definition) is 1. The van der Waals surface area contributed by atoms with Crippen molar-refractivity contribution in [1.82, 2.24) is 10.2 Å². The number of likely N-dealkylation sites (tertiary alicyclic amines) is 1. The number of nitrogens with zero attached hydrogens (tertiary/aromatic N) is 1. The fourth-order valence-electron chi connectivity index (χ4n) is 2.73. The summed E-state index contributed by atoms with van der Waals surface area (Å²) < 4.78 is 0. The van der Waals surface area contributed by atoms with Crippen molar-refractivity contribution in [2.24, 2.45) is 5.92 Å². The van der Waals surface area contributed by atoms with Crippen molar-refractivity contribution in [3.63, 3.8) is 0 Å². The van der Waals surface area contributed by atoms with E-state index in [2.05, 4.69) is 34.0 Å². The topological polar surface area (TPSA) is 15.3 Å². The first-order valence-corrected chi connectivity index (χ1v) is 8.27. The molecule has 1 atom stereocenters. The first-order valence-electron chi connectivity index (χ1n) is 7.32. The Morgan fingerprint density at radius 1 is 1.50 bits per heavy atom. The van der Waals surface area contributed by atoms with Crippen molar-refractivity contribution in [1.29, 1.82) is 0 Å². The van der Waals surface area contributed by atoms with Gasteiger partial charge in [-0.25, -0.2) is 0 Å². The second-order valence-corrected chi connectivity index (χ2v) is 6.17. The van der Waals surface area contributed by atoms with Crippen molar-refractivity contribution in [3.05, 3.63) is 22.4 Å². The lowest BCUT2D eigenvalue weighted by Crippen LogP contribution is -2.40. The quantitative estimate of drug-likeness (QED) is 0.763. The van der Waals surface area contributed by atoms with Crippen LogP contribution in [0.2, 0.25) is 0 Å². The first kappa shape index (κ1) is 14.0. The fraction of sp³-hybridized carbons (Fsp3) is 0.733. The Bertz CT molecular complexity index is 310. The van der Waals surface area contributed by atoms with Crippen molar-refractivity contribution in [2.45, 2.75) is 32.6 Å². The molecule has 1 aromatic heterocycles. The Hall–Kier alpha value is -0.380. The summed E-state index contributed by atoms with van der Waals surface area (Å²) in [6.07, 6.45) is 5.25. The number of thiophene rings is 1.